The molecule has 1 unspecified atom stereocenters. The first-order valence-electron chi connectivity index (χ1n) is 6.60. The summed E-state index contributed by atoms with van der Waals surface area (Å²) >= 11 is 0. The highest BCUT2D eigenvalue weighted by molar-refractivity contribution is 6.02. The van der Waals surface area contributed by atoms with Gasteiger partial charge in [-0.3, -0.25) is 9.59 Å². The first-order chi connectivity index (χ1) is 8.06. The molecule has 0 bridgehead atoms. The van der Waals surface area contributed by atoms with E-state index in [1.807, 2.05) is 6.92 Å². The monoisotopic (exact) mass is 239 g/mol. The molecule has 0 aromatic carbocycles. The zero-order valence-electron chi connectivity index (χ0n) is 10.4. The van der Waals surface area contributed by atoms with Crippen LogP contribution in [0, 0.1) is 11.3 Å². The molecule has 0 aliphatic heterocycles. The van der Waals surface area contributed by atoms with Crippen LogP contribution in [0.15, 0.2) is 0 Å². The number of hydrogen-bond acceptors (Lipinski definition) is 2. The van der Waals surface area contributed by atoms with Crippen LogP contribution in [0.1, 0.15) is 51.9 Å². The molecule has 0 aromatic heterocycles. The fourth-order valence-electron chi connectivity index (χ4n) is 2.99. The Balaban J connectivity index is 1.93. The molecule has 17 heavy (non-hydrogen) atoms. The Hall–Kier alpha value is -1.06. The topological polar surface area (TPSA) is 66.4 Å². The third-order valence-corrected chi connectivity index (χ3v) is 4.52. The van der Waals surface area contributed by atoms with Crippen molar-refractivity contribution in [1.82, 2.24) is 5.32 Å². The van der Waals surface area contributed by atoms with Gasteiger partial charge in [-0.25, -0.2) is 0 Å². The van der Waals surface area contributed by atoms with Gasteiger partial charge in [-0.1, -0.05) is 19.3 Å². The van der Waals surface area contributed by atoms with Crippen LogP contribution in [0.25, 0.3) is 0 Å². The highest BCUT2D eigenvalue weighted by Gasteiger charge is 2.51. The quantitative estimate of drug-likeness (QED) is 0.737. The van der Waals surface area contributed by atoms with Gasteiger partial charge < -0.3 is 10.4 Å². The summed E-state index contributed by atoms with van der Waals surface area (Å²) in [6.07, 6.45) is 6.60. The summed E-state index contributed by atoms with van der Waals surface area (Å²) in [6.45, 7) is 2.00. The van der Waals surface area contributed by atoms with E-state index < -0.39 is 11.4 Å². The lowest BCUT2D eigenvalue weighted by molar-refractivity contribution is -0.162. The van der Waals surface area contributed by atoms with Gasteiger partial charge in [0.05, 0.1) is 0 Å². The van der Waals surface area contributed by atoms with E-state index in [9.17, 15) is 14.7 Å². The molecule has 0 heterocycles. The molecule has 2 fully saturated rings. The maximum Gasteiger partial charge on any atom is 0.319 e. The van der Waals surface area contributed by atoms with E-state index in [0.29, 0.717) is 18.8 Å². The van der Waals surface area contributed by atoms with Gasteiger partial charge in [0, 0.05) is 6.04 Å². The number of amides is 1. The minimum Gasteiger partial charge on any atom is -0.480 e. The van der Waals surface area contributed by atoms with Crippen molar-refractivity contribution in [3.63, 3.8) is 0 Å². The van der Waals surface area contributed by atoms with Crippen molar-refractivity contribution < 1.29 is 14.7 Å². The molecule has 2 N–H and O–H groups in total. The number of nitrogens with one attached hydrogen (secondary N) is 1. The first kappa shape index (κ1) is 12.4. The lowest BCUT2D eigenvalue weighted by Crippen LogP contribution is -2.54. The second kappa shape index (κ2) is 4.67. The zero-order valence-corrected chi connectivity index (χ0v) is 10.4. The van der Waals surface area contributed by atoms with Gasteiger partial charge in [0.1, 0.15) is 5.41 Å². The number of carboxylic acid groups (broad SMARTS) is 1. The summed E-state index contributed by atoms with van der Waals surface area (Å²) in [5.74, 6) is -0.694. The van der Waals surface area contributed by atoms with Crippen LogP contribution >= 0.6 is 0 Å². The molecular weight excluding hydrogens is 218 g/mol. The second-order valence-corrected chi connectivity index (χ2v) is 5.55. The SMILES string of the molecule is CC(NC(=O)C1(C(=O)O)CCC1)C1CCCC1. The van der Waals surface area contributed by atoms with Gasteiger partial charge in [0.25, 0.3) is 0 Å². The van der Waals surface area contributed by atoms with Crippen LogP contribution in [0.4, 0.5) is 0 Å². The number of aliphatic carboxylic acids is 1. The fraction of sp³-hybridized carbons (Fsp3) is 0.846. The molecular formula is C13H21NO3. The average Bonchev–Trinajstić information content (AvgIpc) is 2.66. The van der Waals surface area contributed by atoms with Gasteiger partial charge in [0.15, 0.2) is 0 Å². The summed E-state index contributed by atoms with van der Waals surface area (Å²) in [5, 5.41) is 12.1. The number of carbonyl (C=O) groups is 2. The molecule has 2 saturated carbocycles. The van der Waals surface area contributed by atoms with E-state index in [2.05, 4.69) is 5.32 Å². The Morgan fingerprint density at radius 1 is 1.24 bits per heavy atom. The Kier molecular flexibility index (Phi) is 3.40. The molecule has 4 heteroatoms. The van der Waals surface area contributed by atoms with E-state index in [-0.39, 0.29) is 11.9 Å². The number of carboxylic acids is 1. The zero-order chi connectivity index (χ0) is 12.5. The van der Waals surface area contributed by atoms with Gasteiger partial charge >= 0.3 is 5.97 Å². The molecule has 96 valence electrons. The smallest absolute Gasteiger partial charge is 0.319 e. The van der Waals surface area contributed by atoms with E-state index in [1.165, 1.54) is 12.8 Å². The van der Waals surface area contributed by atoms with Crippen LogP contribution in [0.2, 0.25) is 0 Å². The van der Waals surface area contributed by atoms with Crippen LogP contribution in [-0.2, 0) is 9.59 Å². The van der Waals surface area contributed by atoms with Crippen LogP contribution < -0.4 is 5.32 Å². The highest BCUT2D eigenvalue weighted by atomic mass is 16.4. The van der Waals surface area contributed by atoms with Crippen molar-refractivity contribution in [3.05, 3.63) is 0 Å². The van der Waals surface area contributed by atoms with Gasteiger partial charge in [0.2, 0.25) is 5.91 Å². The minimum absolute atomic E-state index is 0.113. The third-order valence-electron chi connectivity index (χ3n) is 4.52. The molecule has 0 radical (unpaired) electrons. The molecule has 0 aromatic rings. The standard InChI is InChI=1S/C13H21NO3/c1-9(10-5-2-3-6-10)14-11(15)13(12(16)17)7-4-8-13/h9-10H,2-8H2,1H3,(H,14,15)(H,16,17). The summed E-state index contributed by atoms with van der Waals surface area (Å²) in [7, 11) is 0. The maximum atomic E-state index is 12.1. The molecule has 0 spiro atoms. The Morgan fingerprint density at radius 3 is 2.24 bits per heavy atom. The number of hydrogen-bond donors (Lipinski definition) is 2. The minimum atomic E-state index is -1.12. The molecule has 2 aliphatic rings. The summed E-state index contributed by atoms with van der Waals surface area (Å²) in [4.78, 5) is 23.3. The molecule has 2 rings (SSSR count). The van der Waals surface area contributed by atoms with Crippen molar-refractivity contribution in [1.29, 1.82) is 0 Å². The normalized spacial score (nSPS) is 25.0. The highest BCUT2D eigenvalue weighted by Crippen LogP contribution is 2.41. The number of rotatable bonds is 4. The molecule has 1 atom stereocenters. The fourth-order valence-corrected chi connectivity index (χ4v) is 2.99. The largest absolute Gasteiger partial charge is 0.480 e. The van der Waals surface area contributed by atoms with Crippen LogP contribution in [0.5, 0.6) is 0 Å². The molecule has 0 saturated heterocycles. The first-order valence-corrected chi connectivity index (χ1v) is 6.60. The van der Waals surface area contributed by atoms with E-state index in [4.69, 9.17) is 0 Å². The molecule has 1 amide bonds. The Labute approximate surface area is 102 Å². The van der Waals surface area contributed by atoms with E-state index in [0.717, 1.165) is 19.3 Å². The Morgan fingerprint density at radius 2 is 1.82 bits per heavy atom. The van der Waals surface area contributed by atoms with E-state index >= 15 is 0 Å². The molecule has 2 aliphatic carbocycles. The van der Waals surface area contributed by atoms with Crippen LogP contribution in [-0.4, -0.2) is 23.0 Å². The van der Waals surface area contributed by atoms with Crippen molar-refractivity contribution >= 4 is 11.9 Å². The predicted octanol–water partition coefficient (Wildman–Crippen LogP) is 1.94. The summed E-state index contributed by atoms with van der Waals surface area (Å²) in [5.41, 5.74) is -1.12. The van der Waals surface area contributed by atoms with Gasteiger partial charge in [-0.05, 0) is 38.5 Å². The third kappa shape index (κ3) is 2.17. The Bertz CT molecular complexity index is 317. The molecule has 4 nitrogen and oxygen atoms in total. The van der Waals surface area contributed by atoms with Crippen molar-refractivity contribution in [2.45, 2.75) is 57.9 Å². The van der Waals surface area contributed by atoms with Crippen molar-refractivity contribution in [3.8, 4) is 0 Å². The lowest BCUT2D eigenvalue weighted by atomic mass is 9.68. The van der Waals surface area contributed by atoms with Crippen molar-refractivity contribution in [2.75, 3.05) is 0 Å². The van der Waals surface area contributed by atoms with E-state index in [1.54, 1.807) is 0 Å². The van der Waals surface area contributed by atoms with Crippen LogP contribution in [0.3, 0.4) is 0 Å². The second-order valence-electron chi connectivity index (χ2n) is 5.55. The lowest BCUT2D eigenvalue weighted by Gasteiger charge is -2.37. The average molecular weight is 239 g/mol. The van der Waals surface area contributed by atoms with Crippen molar-refractivity contribution in [2.24, 2.45) is 11.3 Å². The van der Waals surface area contributed by atoms with Gasteiger partial charge in [-0.2, -0.15) is 0 Å². The maximum absolute atomic E-state index is 12.1. The number of carbonyl (C=O) groups excluding carboxylic acids is 1. The van der Waals surface area contributed by atoms with Gasteiger partial charge in [-0.15, -0.1) is 0 Å². The summed E-state index contributed by atoms with van der Waals surface area (Å²) in [6, 6.07) is 0.113. The predicted molar refractivity (Wildman–Crippen MR) is 63.5 cm³/mol. The summed E-state index contributed by atoms with van der Waals surface area (Å²) < 4.78 is 0.